The van der Waals surface area contributed by atoms with Crippen LogP contribution in [0, 0.1) is 24.5 Å². The Labute approximate surface area is 163 Å². The van der Waals surface area contributed by atoms with Crippen molar-refractivity contribution in [2.24, 2.45) is 10.9 Å². The van der Waals surface area contributed by atoms with E-state index in [-0.39, 0.29) is 0 Å². The Kier molecular flexibility index (Phi) is 6.66. The van der Waals surface area contributed by atoms with Crippen LogP contribution < -0.4 is 15.5 Å². The molecule has 7 heteroatoms. The van der Waals surface area contributed by atoms with E-state index in [9.17, 15) is 8.78 Å². The highest BCUT2D eigenvalue weighted by Gasteiger charge is 2.23. The molecule has 1 aromatic carbocycles. The van der Waals surface area contributed by atoms with E-state index in [1.54, 1.807) is 17.4 Å². The number of guanidine groups is 1. The number of halogens is 2. The number of nitrogens with one attached hydrogen (secondary N) is 2. The van der Waals surface area contributed by atoms with E-state index in [0.717, 1.165) is 44.2 Å². The summed E-state index contributed by atoms with van der Waals surface area (Å²) in [6.45, 7) is 8.09. The predicted octanol–water partition coefficient (Wildman–Crippen LogP) is 3.92. The number of anilines is 1. The van der Waals surface area contributed by atoms with Gasteiger partial charge in [-0.2, -0.15) is 0 Å². The first-order valence-corrected chi connectivity index (χ1v) is 10.1. The normalized spacial score (nSPS) is 17.4. The Balaban J connectivity index is 1.52. The van der Waals surface area contributed by atoms with E-state index in [1.807, 2.05) is 6.92 Å². The summed E-state index contributed by atoms with van der Waals surface area (Å²) in [5, 5.41) is 6.69. The molecule has 146 valence electrons. The Morgan fingerprint density at radius 2 is 2.07 bits per heavy atom. The lowest BCUT2D eigenvalue weighted by molar-refractivity contribution is 0.508. The summed E-state index contributed by atoms with van der Waals surface area (Å²) in [5.41, 5.74) is 0.741. The average Bonchev–Trinajstić information content (AvgIpc) is 3.29. The van der Waals surface area contributed by atoms with E-state index in [1.165, 1.54) is 21.9 Å². The zero-order valence-electron chi connectivity index (χ0n) is 15.8. The van der Waals surface area contributed by atoms with Crippen molar-refractivity contribution < 1.29 is 8.78 Å². The van der Waals surface area contributed by atoms with Gasteiger partial charge in [0.05, 0.1) is 6.54 Å². The molecular weight excluding hydrogens is 366 g/mol. The summed E-state index contributed by atoms with van der Waals surface area (Å²) < 4.78 is 26.6. The van der Waals surface area contributed by atoms with E-state index in [4.69, 9.17) is 0 Å². The minimum absolute atomic E-state index is 0.436. The number of hydrogen-bond donors (Lipinski definition) is 2. The molecule has 3 rings (SSSR count). The molecule has 0 spiro atoms. The van der Waals surface area contributed by atoms with Gasteiger partial charge in [-0.25, -0.2) is 13.8 Å². The molecule has 0 amide bonds. The molecule has 4 nitrogen and oxygen atoms in total. The maximum atomic E-state index is 13.5. The zero-order chi connectivity index (χ0) is 19.2. The quantitative estimate of drug-likeness (QED) is 0.578. The van der Waals surface area contributed by atoms with Gasteiger partial charge in [0.2, 0.25) is 0 Å². The molecule has 2 heterocycles. The first-order chi connectivity index (χ1) is 13.0. The van der Waals surface area contributed by atoms with Crippen LogP contribution in [0.3, 0.4) is 0 Å². The average molecular weight is 393 g/mol. The van der Waals surface area contributed by atoms with Gasteiger partial charge in [-0.3, -0.25) is 0 Å². The largest absolute Gasteiger partial charge is 0.371 e. The first kappa shape index (κ1) is 19.6. The monoisotopic (exact) mass is 392 g/mol. The van der Waals surface area contributed by atoms with Crippen molar-refractivity contribution in [3.8, 4) is 0 Å². The molecule has 1 fully saturated rings. The van der Waals surface area contributed by atoms with Gasteiger partial charge in [0.25, 0.3) is 0 Å². The fourth-order valence-electron chi connectivity index (χ4n) is 3.23. The SMILES string of the molecule is CCNC(=NCc1ccc(C)s1)NCC1CCN(c2ccc(F)c(F)c2)C1. The third kappa shape index (κ3) is 5.42. The van der Waals surface area contributed by atoms with Gasteiger partial charge in [0, 0.05) is 47.7 Å². The third-order valence-electron chi connectivity index (χ3n) is 4.65. The smallest absolute Gasteiger partial charge is 0.191 e. The van der Waals surface area contributed by atoms with Crippen LogP contribution in [0.2, 0.25) is 0 Å². The number of nitrogens with zero attached hydrogens (tertiary/aromatic N) is 2. The van der Waals surface area contributed by atoms with E-state index in [0.29, 0.717) is 12.5 Å². The molecule has 27 heavy (non-hydrogen) atoms. The minimum Gasteiger partial charge on any atom is -0.371 e. The third-order valence-corrected chi connectivity index (χ3v) is 5.63. The predicted molar refractivity (Wildman–Crippen MR) is 109 cm³/mol. The number of aliphatic imine (C=N–C) groups is 1. The topological polar surface area (TPSA) is 39.7 Å². The summed E-state index contributed by atoms with van der Waals surface area (Å²) >= 11 is 1.76. The lowest BCUT2D eigenvalue weighted by atomic mass is 10.1. The Hall–Kier alpha value is -2.15. The fourth-order valence-corrected chi connectivity index (χ4v) is 4.04. The number of thiophene rings is 1. The van der Waals surface area contributed by atoms with Gasteiger partial charge >= 0.3 is 0 Å². The highest BCUT2D eigenvalue weighted by Crippen LogP contribution is 2.25. The lowest BCUT2D eigenvalue weighted by Gasteiger charge is -2.19. The van der Waals surface area contributed by atoms with E-state index < -0.39 is 11.6 Å². The first-order valence-electron chi connectivity index (χ1n) is 9.32. The van der Waals surface area contributed by atoms with Crippen LogP contribution in [-0.2, 0) is 6.54 Å². The number of aryl methyl sites for hydroxylation is 1. The van der Waals surface area contributed by atoms with Gasteiger partial charge in [0.15, 0.2) is 17.6 Å². The summed E-state index contributed by atoms with van der Waals surface area (Å²) in [5.74, 6) is -0.344. The molecular formula is C20H26F2N4S. The Bertz CT molecular complexity index is 790. The van der Waals surface area contributed by atoms with Crippen LogP contribution in [0.5, 0.6) is 0 Å². The van der Waals surface area contributed by atoms with Crippen LogP contribution in [-0.4, -0.2) is 32.1 Å². The summed E-state index contributed by atoms with van der Waals surface area (Å²) in [6.07, 6.45) is 1.01. The van der Waals surface area contributed by atoms with Gasteiger partial charge in [-0.05, 0) is 50.5 Å². The zero-order valence-corrected chi connectivity index (χ0v) is 16.6. The standard InChI is InChI=1S/C20H26F2N4S/c1-3-23-20(25-12-17-6-4-14(2)27-17)24-11-15-8-9-26(13-15)16-5-7-18(21)19(22)10-16/h4-7,10,15H,3,8-9,11-13H2,1-2H3,(H2,23,24,25). The Morgan fingerprint density at radius 3 is 2.78 bits per heavy atom. The second kappa shape index (κ2) is 9.17. The highest BCUT2D eigenvalue weighted by molar-refractivity contribution is 7.11. The molecule has 1 aromatic heterocycles. The van der Waals surface area contributed by atoms with Crippen LogP contribution in [0.15, 0.2) is 35.3 Å². The number of benzene rings is 1. The molecule has 1 atom stereocenters. The summed E-state index contributed by atoms with van der Waals surface area (Å²) in [7, 11) is 0. The van der Waals surface area contributed by atoms with Crippen molar-refractivity contribution in [3.05, 3.63) is 51.7 Å². The molecule has 1 saturated heterocycles. The van der Waals surface area contributed by atoms with Crippen molar-refractivity contribution in [3.63, 3.8) is 0 Å². The lowest BCUT2D eigenvalue weighted by Crippen LogP contribution is -2.40. The van der Waals surface area contributed by atoms with Crippen LogP contribution >= 0.6 is 11.3 Å². The maximum Gasteiger partial charge on any atom is 0.191 e. The Morgan fingerprint density at radius 1 is 1.22 bits per heavy atom. The molecule has 2 aromatic rings. The number of rotatable bonds is 6. The second-order valence-corrected chi connectivity index (χ2v) is 8.16. The molecule has 1 unspecified atom stereocenters. The molecule has 0 bridgehead atoms. The van der Waals surface area contributed by atoms with Crippen molar-refractivity contribution >= 4 is 23.0 Å². The van der Waals surface area contributed by atoms with E-state index in [2.05, 4.69) is 39.6 Å². The van der Waals surface area contributed by atoms with Crippen molar-refractivity contribution in [1.29, 1.82) is 0 Å². The van der Waals surface area contributed by atoms with Gasteiger partial charge in [-0.1, -0.05) is 0 Å². The molecule has 2 N–H and O–H groups in total. The van der Waals surface area contributed by atoms with Crippen molar-refractivity contribution in [1.82, 2.24) is 10.6 Å². The summed E-state index contributed by atoms with van der Waals surface area (Å²) in [6, 6.07) is 8.34. The van der Waals surface area contributed by atoms with E-state index >= 15 is 0 Å². The van der Waals surface area contributed by atoms with Crippen molar-refractivity contribution in [2.75, 3.05) is 31.1 Å². The van der Waals surface area contributed by atoms with Gasteiger partial charge in [-0.15, -0.1) is 11.3 Å². The van der Waals surface area contributed by atoms with Crippen LogP contribution in [0.25, 0.3) is 0 Å². The molecule has 0 aliphatic carbocycles. The minimum atomic E-state index is -0.802. The molecule has 1 aliphatic rings. The highest BCUT2D eigenvalue weighted by atomic mass is 32.1. The van der Waals surface area contributed by atoms with Gasteiger partial charge < -0.3 is 15.5 Å². The fraction of sp³-hybridized carbons (Fsp3) is 0.450. The van der Waals surface area contributed by atoms with Crippen molar-refractivity contribution in [2.45, 2.75) is 26.8 Å². The summed E-state index contributed by atoms with van der Waals surface area (Å²) in [4.78, 5) is 9.30. The number of hydrogen-bond acceptors (Lipinski definition) is 3. The second-order valence-electron chi connectivity index (χ2n) is 6.79. The maximum absolute atomic E-state index is 13.5. The van der Waals surface area contributed by atoms with Crippen LogP contribution in [0.1, 0.15) is 23.1 Å². The molecule has 0 saturated carbocycles. The molecule has 0 radical (unpaired) electrons. The molecule has 1 aliphatic heterocycles. The van der Waals surface area contributed by atoms with Crippen LogP contribution in [0.4, 0.5) is 14.5 Å². The van der Waals surface area contributed by atoms with Gasteiger partial charge in [0.1, 0.15) is 0 Å².